The molecule has 1 saturated carbocycles. The third-order valence-electron chi connectivity index (χ3n) is 4.43. The highest BCUT2D eigenvalue weighted by atomic mass is 16.2. The van der Waals surface area contributed by atoms with Gasteiger partial charge >= 0.3 is 0 Å². The number of hydrogen-bond donors (Lipinski definition) is 0. The van der Waals surface area contributed by atoms with E-state index in [1.165, 1.54) is 12.8 Å². The van der Waals surface area contributed by atoms with Crippen LogP contribution in [0.4, 0.5) is 0 Å². The summed E-state index contributed by atoms with van der Waals surface area (Å²) in [6.07, 6.45) is 5.02. The lowest BCUT2D eigenvalue weighted by Gasteiger charge is -2.34. The number of carbonyl (C=O) groups excluding carboxylic acids is 1. The van der Waals surface area contributed by atoms with Crippen LogP contribution < -0.4 is 0 Å². The Bertz CT molecular complexity index is 379. The number of amides is 1. The molecule has 1 unspecified atom stereocenters. The van der Waals surface area contributed by atoms with Crippen LogP contribution in [0.25, 0.3) is 0 Å². The molecule has 1 amide bonds. The highest BCUT2D eigenvalue weighted by Crippen LogP contribution is 2.31. The second kappa shape index (κ2) is 5.50. The Labute approximate surface area is 116 Å². The molecular weight excluding hydrogens is 238 g/mol. The Hall–Kier alpha value is -1.08. The number of nitriles is 1. The molecular formula is C15H25N3O. The summed E-state index contributed by atoms with van der Waals surface area (Å²) in [6, 6.07) is 2.32. The van der Waals surface area contributed by atoms with Crippen LogP contribution in [0.2, 0.25) is 0 Å². The van der Waals surface area contributed by atoms with Crippen LogP contribution >= 0.6 is 0 Å². The van der Waals surface area contributed by atoms with Crippen LogP contribution in [0, 0.1) is 16.7 Å². The predicted molar refractivity (Wildman–Crippen MR) is 74.4 cm³/mol. The van der Waals surface area contributed by atoms with Crippen molar-refractivity contribution in [2.45, 2.75) is 58.0 Å². The van der Waals surface area contributed by atoms with E-state index in [9.17, 15) is 4.79 Å². The van der Waals surface area contributed by atoms with Gasteiger partial charge in [-0.25, -0.2) is 0 Å². The van der Waals surface area contributed by atoms with Gasteiger partial charge in [0, 0.05) is 19.1 Å². The third kappa shape index (κ3) is 3.09. The summed E-state index contributed by atoms with van der Waals surface area (Å²) in [4.78, 5) is 16.9. The molecule has 4 nitrogen and oxygen atoms in total. The number of rotatable bonds is 2. The molecule has 0 spiro atoms. The zero-order chi connectivity index (χ0) is 14.0. The van der Waals surface area contributed by atoms with Crippen LogP contribution in [0.3, 0.4) is 0 Å². The van der Waals surface area contributed by atoms with Crippen molar-refractivity contribution in [3.05, 3.63) is 0 Å². The van der Waals surface area contributed by atoms with Gasteiger partial charge in [0.15, 0.2) is 0 Å². The average Bonchev–Trinajstić information content (AvgIpc) is 2.82. The molecule has 0 radical (unpaired) electrons. The Balaban J connectivity index is 2.24. The third-order valence-corrected chi connectivity index (χ3v) is 4.43. The van der Waals surface area contributed by atoms with E-state index in [4.69, 9.17) is 5.26 Å². The van der Waals surface area contributed by atoms with E-state index >= 15 is 0 Å². The Kier molecular flexibility index (Phi) is 4.15. The molecule has 2 fully saturated rings. The molecule has 0 bridgehead atoms. The number of carbonyl (C=O) groups is 1. The smallest absolute Gasteiger partial charge is 0.241 e. The van der Waals surface area contributed by atoms with Crippen LogP contribution in [0.5, 0.6) is 0 Å². The van der Waals surface area contributed by atoms with Gasteiger partial charge in [0.1, 0.15) is 6.04 Å². The summed E-state index contributed by atoms with van der Waals surface area (Å²) in [5.74, 6) is 0.168. The Morgan fingerprint density at radius 1 is 1.32 bits per heavy atom. The van der Waals surface area contributed by atoms with Gasteiger partial charge in [-0.2, -0.15) is 5.26 Å². The van der Waals surface area contributed by atoms with E-state index in [0.29, 0.717) is 12.5 Å². The number of nitrogens with zero attached hydrogens (tertiary/aromatic N) is 3. The zero-order valence-electron chi connectivity index (χ0n) is 12.4. The fraction of sp³-hybridized carbons (Fsp3) is 0.867. The van der Waals surface area contributed by atoms with Crippen molar-refractivity contribution in [1.82, 2.24) is 9.80 Å². The lowest BCUT2D eigenvalue weighted by atomic mass is 9.92. The van der Waals surface area contributed by atoms with Crippen LogP contribution in [0.15, 0.2) is 0 Å². The summed E-state index contributed by atoms with van der Waals surface area (Å²) in [5.41, 5.74) is 0.0945. The van der Waals surface area contributed by atoms with E-state index in [1.54, 1.807) is 0 Å². The fourth-order valence-corrected chi connectivity index (χ4v) is 3.61. The average molecular weight is 263 g/mol. The van der Waals surface area contributed by atoms with Crippen molar-refractivity contribution in [1.29, 1.82) is 5.26 Å². The van der Waals surface area contributed by atoms with Crippen molar-refractivity contribution < 1.29 is 4.79 Å². The first kappa shape index (κ1) is 14.3. The topological polar surface area (TPSA) is 47.3 Å². The van der Waals surface area contributed by atoms with Gasteiger partial charge in [0.05, 0.1) is 12.5 Å². The van der Waals surface area contributed by atoms with E-state index in [2.05, 4.69) is 29.7 Å². The van der Waals surface area contributed by atoms with Crippen LogP contribution in [-0.4, -0.2) is 47.9 Å². The molecule has 0 aromatic rings. The standard InChI is InChI=1S/C15H25N3O/c1-15(2)10-17(3)13(8-9-16)14(19)18(11-15)12-6-4-5-7-12/h12-13H,4-8,10-11H2,1-3H3. The maximum Gasteiger partial charge on any atom is 0.241 e. The van der Waals surface area contributed by atoms with Gasteiger partial charge in [-0.15, -0.1) is 0 Å². The minimum Gasteiger partial charge on any atom is -0.338 e. The van der Waals surface area contributed by atoms with E-state index in [-0.39, 0.29) is 17.4 Å². The normalized spacial score (nSPS) is 29.3. The molecule has 1 heterocycles. The molecule has 106 valence electrons. The molecule has 1 aliphatic carbocycles. The van der Waals surface area contributed by atoms with E-state index in [0.717, 1.165) is 25.9 Å². The first-order valence-corrected chi connectivity index (χ1v) is 7.32. The highest BCUT2D eigenvalue weighted by Gasteiger charge is 2.40. The van der Waals surface area contributed by atoms with E-state index < -0.39 is 0 Å². The Morgan fingerprint density at radius 2 is 1.95 bits per heavy atom. The van der Waals surface area contributed by atoms with Crippen molar-refractivity contribution in [3.8, 4) is 6.07 Å². The predicted octanol–water partition coefficient (Wildman–Crippen LogP) is 2.01. The fourth-order valence-electron chi connectivity index (χ4n) is 3.61. The molecule has 1 saturated heterocycles. The minimum atomic E-state index is -0.257. The quantitative estimate of drug-likeness (QED) is 0.765. The first-order valence-electron chi connectivity index (χ1n) is 7.32. The monoisotopic (exact) mass is 263 g/mol. The molecule has 2 aliphatic rings. The summed E-state index contributed by atoms with van der Waals surface area (Å²) in [7, 11) is 1.97. The summed E-state index contributed by atoms with van der Waals surface area (Å²) in [6.45, 7) is 6.12. The maximum atomic E-state index is 12.8. The second-order valence-corrected chi connectivity index (χ2v) is 6.86. The molecule has 0 aromatic carbocycles. The van der Waals surface area contributed by atoms with Crippen LogP contribution in [0.1, 0.15) is 46.0 Å². The largest absolute Gasteiger partial charge is 0.338 e. The molecule has 0 N–H and O–H groups in total. The van der Waals surface area contributed by atoms with Crippen LogP contribution in [-0.2, 0) is 4.79 Å². The van der Waals surface area contributed by atoms with Gasteiger partial charge < -0.3 is 4.90 Å². The van der Waals surface area contributed by atoms with Gasteiger partial charge in [0.2, 0.25) is 5.91 Å². The molecule has 1 aliphatic heterocycles. The SMILES string of the molecule is CN1CC(C)(C)CN(C2CCCC2)C(=O)C1CC#N. The van der Waals surface area contributed by atoms with Crippen molar-refractivity contribution in [2.24, 2.45) is 5.41 Å². The first-order chi connectivity index (χ1) is 8.94. The molecule has 1 atom stereocenters. The van der Waals surface area contributed by atoms with Gasteiger partial charge in [0.25, 0.3) is 0 Å². The zero-order valence-corrected chi connectivity index (χ0v) is 12.4. The molecule has 2 rings (SSSR count). The number of likely N-dealkylation sites (N-methyl/N-ethyl adjacent to an activating group) is 1. The molecule has 4 heteroatoms. The van der Waals surface area contributed by atoms with Crippen molar-refractivity contribution in [2.75, 3.05) is 20.1 Å². The minimum absolute atomic E-state index is 0.0945. The lowest BCUT2D eigenvalue weighted by molar-refractivity contribution is -0.137. The Morgan fingerprint density at radius 3 is 2.53 bits per heavy atom. The maximum absolute atomic E-state index is 12.8. The molecule has 0 aromatic heterocycles. The van der Waals surface area contributed by atoms with Gasteiger partial charge in [-0.1, -0.05) is 26.7 Å². The van der Waals surface area contributed by atoms with Gasteiger partial charge in [-0.3, -0.25) is 9.69 Å². The van der Waals surface area contributed by atoms with Crippen molar-refractivity contribution in [3.63, 3.8) is 0 Å². The molecule has 19 heavy (non-hydrogen) atoms. The highest BCUT2D eigenvalue weighted by molar-refractivity contribution is 5.83. The summed E-state index contributed by atoms with van der Waals surface area (Å²) in [5, 5.41) is 8.98. The lowest BCUT2D eigenvalue weighted by Crippen LogP contribution is -2.48. The summed E-state index contributed by atoms with van der Waals surface area (Å²) >= 11 is 0. The van der Waals surface area contributed by atoms with Crippen molar-refractivity contribution >= 4 is 5.91 Å². The summed E-state index contributed by atoms with van der Waals surface area (Å²) < 4.78 is 0. The second-order valence-electron chi connectivity index (χ2n) is 6.86. The number of hydrogen-bond acceptors (Lipinski definition) is 3. The van der Waals surface area contributed by atoms with Gasteiger partial charge in [-0.05, 0) is 25.3 Å². The van der Waals surface area contributed by atoms with E-state index in [1.807, 2.05) is 7.05 Å².